The minimum atomic E-state index is 0.267. The van der Waals surface area contributed by atoms with Crippen LogP contribution in [-0.2, 0) is 0 Å². The fourth-order valence-corrected chi connectivity index (χ4v) is 4.48. The molecule has 0 saturated carbocycles. The maximum atomic E-state index is 2.33. The van der Waals surface area contributed by atoms with Gasteiger partial charge >= 0.3 is 0 Å². The first-order valence-electron chi connectivity index (χ1n) is 9.93. The first-order valence-corrected chi connectivity index (χ1v) is 9.93. The zero-order chi connectivity index (χ0) is 19.9. The van der Waals surface area contributed by atoms with Gasteiger partial charge in [0, 0.05) is 5.92 Å². The van der Waals surface area contributed by atoms with Gasteiger partial charge in [0.2, 0.25) is 0 Å². The molecule has 0 aliphatic heterocycles. The SMILES string of the molecule is Cc1cc(C)c(C)c(C(c2ccccc2)c2c(C)c(C)cc(C)c2C)c1C. The lowest BCUT2D eigenvalue weighted by atomic mass is 9.75. The maximum absolute atomic E-state index is 2.33. The lowest BCUT2D eigenvalue weighted by Crippen LogP contribution is -2.13. The van der Waals surface area contributed by atoms with Crippen molar-refractivity contribution < 1.29 is 0 Å². The van der Waals surface area contributed by atoms with E-state index in [0.29, 0.717) is 0 Å². The van der Waals surface area contributed by atoms with Gasteiger partial charge in [-0.15, -0.1) is 0 Å². The Morgan fingerprint density at radius 1 is 0.481 bits per heavy atom. The summed E-state index contributed by atoms with van der Waals surface area (Å²) in [7, 11) is 0. The Labute approximate surface area is 165 Å². The van der Waals surface area contributed by atoms with Crippen molar-refractivity contribution in [1.29, 1.82) is 0 Å². The third-order valence-corrected chi connectivity index (χ3v) is 6.56. The summed E-state index contributed by atoms with van der Waals surface area (Å²) in [5.74, 6) is 0.267. The molecule has 0 bridgehead atoms. The van der Waals surface area contributed by atoms with Crippen LogP contribution in [0.2, 0.25) is 0 Å². The summed E-state index contributed by atoms with van der Waals surface area (Å²) in [4.78, 5) is 0. The lowest BCUT2D eigenvalue weighted by Gasteiger charge is -2.29. The van der Waals surface area contributed by atoms with Crippen LogP contribution in [0.5, 0.6) is 0 Å². The molecule has 27 heavy (non-hydrogen) atoms. The van der Waals surface area contributed by atoms with E-state index in [0.717, 1.165) is 0 Å². The molecular formula is C27H32. The fraction of sp³-hybridized carbons (Fsp3) is 0.333. The van der Waals surface area contributed by atoms with Crippen molar-refractivity contribution in [2.45, 2.75) is 61.3 Å². The van der Waals surface area contributed by atoms with Gasteiger partial charge in [-0.1, -0.05) is 42.5 Å². The number of hydrogen-bond acceptors (Lipinski definition) is 0. The summed E-state index contributed by atoms with van der Waals surface area (Å²) in [5, 5.41) is 0. The highest BCUT2D eigenvalue weighted by Crippen LogP contribution is 2.41. The van der Waals surface area contributed by atoms with Crippen molar-refractivity contribution in [1.82, 2.24) is 0 Å². The van der Waals surface area contributed by atoms with E-state index in [1.165, 1.54) is 61.2 Å². The van der Waals surface area contributed by atoms with Crippen molar-refractivity contribution in [3.05, 3.63) is 104 Å². The molecule has 0 radical (unpaired) electrons. The largest absolute Gasteiger partial charge is 0.0622 e. The van der Waals surface area contributed by atoms with Crippen LogP contribution in [-0.4, -0.2) is 0 Å². The molecule has 0 atom stereocenters. The monoisotopic (exact) mass is 356 g/mol. The minimum absolute atomic E-state index is 0.267. The Balaban J connectivity index is 2.46. The molecule has 3 rings (SSSR count). The van der Waals surface area contributed by atoms with E-state index in [4.69, 9.17) is 0 Å². The molecule has 0 fully saturated rings. The number of aryl methyl sites for hydroxylation is 4. The molecular weight excluding hydrogens is 324 g/mol. The molecule has 3 aromatic rings. The third kappa shape index (κ3) is 3.34. The average Bonchev–Trinajstić information content (AvgIpc) is 2.64. The first kappa shape index (κ1) is 19.4. The highest BCUT2D eigenvalue weighted by molar-refractivity contribution is 5.58. The van der Waals surface area contributed by atoms with Crippen LogP contribution >= 0.6 is 0 Å². The lowest BCUT2D eigenvalue weighted by molar-refractivity contribution is 0.906. The second kappa shape index (κ2) is 7.35. The van der Waals surface area contributed by atoms with Gasteiger partial charge in [0.05, 0.1) is 0 Å². The van der Waals surface area contributed by atoms with Crippen LogP contribution in [0.3, 0.4) is 0 Å². The van der Waals surface area contributed by atoms with E-state index >= 15 is 0 Å². The fourth-order valence-electron chi connectivity index (χ4n) is 4.48. The van der Waals surface area contributed by atoms with Crippen molar-refractivity contribution in [2.24, 2.45) is 0 Å². The Hall–Kier alpha value is -2.34. The molecule has 0 N–H and O–H groups in total. The normalized spacial score (nSPS) is 11.3. The van der Waals surface area contributed by atoms with Crippen LogP contribution in [0.1, 0.15) is 67.1 Å². The van der Waals surface area contributed by atoms with E-state index in [1.807, 2.05) is 0 Å². The summed E-state index contributed by atoms with van der Waals surface area (Å²) in [6.45, 7) is 18.1. The molecule has 0 aromatic heterocycles. The van der Waals surface area contributed by atoms with Crippen molar-refractivity contribution in [3.8, 4) is 0 Å². The molecule has 140 valence electrons. The van der Waals surface area contributed by atoms with Crippen molar-refractivity contribution in [3.63, 3.8) is 0 Å². The Bertz CT molecular complexity index is 875. The summed E-state index contributed by atoms with van der Waals surface area (Å²) in [5.41, 5.74) is 15.6. The summed E-state index contributed by atoms with van der Waals surface area (Å²) < 4.78 is 0. The first-order chi connectivity index (χ1) is 12.7. The Morgan fingerprint density at radius 2 is 0.815 bits per heavy atom. The molecule has 0 heterocycles. The zero-order valence-corrected chi connectivity index (χ0v) is 18.1. The minimum Gasteiger partial charge on any atom is -0.0622 e. The van der Waals surface area contributed by atoms with Gasteiger partial charge in [-0.05, 0) is 117 Å². The standard InChI is InChI=1S/C27H32/c1-16-14-17(2)21(6)25(20(16)5)27(24-12-10-9-11-13-24)26-22(7)18(3)15-19(4)23(26)8/h9-15,27H,1-8H3. The predicted octanol–water partition coefficient (Wildman–Crippen LogP) is 7.33. The van der Waals surface area contributed by atoms with Gasteiger partial charge < -0.3 is 0 Å². The molecule has 0 spiro atoms. The molecule has 0 aliphatic carbocycles. The summed E-state index contributed by atoms with van der Waals surface area (Å²) in [6, 6.07) is 15.7. The maximum Gasteiger partial charge on any atom is 0.0350 e. The van der Waals surface area contributed by atoms with Gasteiger partial charge in [0.15, 0.2) is 0 Å². The summed E-state index contributed by atoms with van der Waals surface area (Å²) in [6.07, 6.45) is 0. The molecule has 0 amide bonds. The molecule has 0 unspecified atom stereocenters. The van der Waals surface area contributed by atoms with Crippen molar-refractivity contribution in [2.75, 3.05) is 0 Å². The van der Waals surface area contributed by atoms with Gasteiger partial charge in [0.1, 0.15) is 0 Å². The molecule has 0 aliphatic rings. The average molecular weight is 357 g/mol. The number of rotatable bonds is 3. The highest BCUT2D eigenvalue weighted by Gasteiger charge is 2.26. The molecule has 0 heteroatoms. The topological polar surface area (TPSA) is 0 Å². The zero-order valence-electron chi connectivity index (χ0n) is 18.1. The molecule has 0 nitrogen and oxygen atoms in total. The second-order valence-corrected chi connectivity index (χ2v) is 8.19. The van der Waals surface area contributed by atoms with Crippen LogP contribution in [0, 0.1) is 55.4 Å². The highest BCUT2D eigenvalue weighted by atomic mass is 14.3. The van der Waals surface area contributed by atoms with E-state index in [1.54, 1.807) is 0 Å². The van der Waals surface area contributed by atoms with Crippen LogP contribution in [0.25, 0.3) is 0 Å². The van der Waals surface area contributed by atoms with Gasteiger partial charge in [-0.2, -0.15) is 0 Å². The van der Waals surface area contributed by atoms with Crippen molar-refractivity contribution >= 4 is 0 Å². The second-order valence-electron chi connectivity index (χ2n) is 8.19. The Morgan fingerprint density at radius 3 is 1.15 bits per heavy atom. The smallest absolute Gasteiger partial charge is 0.0350 e. The van der Waals surface area contributed by atoms with E-state index in [-0.39, 0.29) is 5.92 Å². The Kier molecular flexibility index (Phi) is 5.29. The number of hydrogen-bond donors (Lipinski definition) is 0. The molecule has 3 aromatic carbocycles. The van der Waals surface area contributed by atoms with E-state index in [9.17, 15) is 0 Å². The van der Waals surface area contributed by atoms with E-state index < -0.39 is 0 Å². The van der Waals surface area contributed by atoms with Crippen LogP contribution < -0.4 is 0 Å². The predicted molar refractivity (Wildman–Crippen MR) is 118 cm³/mol. The quantitative estimate of drug-likeness (QED) is 0.431. The van der Waals surface area contributed by atoms with Gasteiger partial charge in [-0.3, -0.25) is 0 Å². The number of benzene rings is 3. The molecule has 0 saturated heterocycles. The third-order valence-electron chi connectivity index (χ3n) is 6.56. The summed E-state index contributed by atoms with van der Waals surface area (Å²) >= 11 is 0. The van der Waals surface area contributed by atoms with E-state index in [2.05, 4.69) is 97.9 Å². The van der Waals surface area contributed by atoms with Crippen LogP contribution in [0.15, 0.2) is 42.5 Å². The van der Waals surface area contributed by atoms with Gasteiger partial charge in [-0.25, -0.2) is 0 Å². The van der Waals surface area contributed by atoms with Gasteiger partial charge in [0.25, 0.3) is 0 Å². The van der Waals surface area contributed by atoms with Crippen LogP contribution in [0.4, 0.5) is 0 Å².